The van der Waals surface area contributed by atoms with E-state index < -0.39 is 0 Å². The molecule has 4 heteroatoms. The predicted octanol–water partition coefficient (Wildman–Crippen LogP) is 0.858. The summed E-state index contributed by atoms with van der Waals surface area (Å²) in [4.78, 5) is 3.97. The molecule has 8 heavy (non-hydrogen) atoms. The van der Waals surface area contributed by atoms with Crippen molar-refractivity contribution < 1.29 is 0 Å². The Morgan fingerprint density at radius 3 is 2.62 bits per heavy atom. The fourth-order valence-corrected chi connectivity index (χ4v) is 1.21. The van der Waals surface area contributed by atoms with E-state index in [1.165, 1.54) is 0 Å². The maximum Gasteiger partial charge on any atom is 0.154 e. The lowest BCUT2D eigenvalue weighted by Gasteiger charge is -1.91. The molecular weight excluding hydrogens is 144 g/mol. The summed E-state index contributed by atoms with van der Waals surface area (Å²) in [5.41, 5.74) is 5.34. The van der Waals surface area contributed by atoms with Crippen molar-refractivity contribution in [2.75, 3.05) is 6.54 Å². The van der Waals surface area contributed by atoms with Gasteiger partial charge in [0.05, 0.1) is 6.54 Å². The molecule has 2 nitrogen and oxygen atoms in total. The van der Waals surface area contributed by atoms with Crippen molar-refractivity contribution >= 4 is 29.3 Å². The summed E-state index contributed by atoms with van der Waals surface area (Å²) < 4.78 is 0. The lowest BCUT2D eigenvalue weighted by atomic mass is 10.5. The third-order valence-electron chi connectivity index (χ3n) is 0.826. The first-order valence-electron chi connectivity index (χ1n) is 2.25. The van der Waals surface area contributed by atoms with Crippen molar-refractivity contribution in [1.29, 1.82) is 0 Å². The Morgan fingerprint density at radius 1 is 1.88 bits per heavy atom. The van der Waals surface area contributed by atoms with Crippen LogP contribution < -0.4 is 5.73 Å². The molecule has 0 aromatic carbocycles. The summed E-state index contributed by atoms with van der Waals surface area (Å²) in [6, 6.07) is 0. The van der Waals surface area contributed by atoms with Gasteiger partial charge in [0.15, 0.2) is 5.17 Å². The summed E-state index contributed by atoms with van der Waals surface area (Å²) >= 11 is 1.65. The Hall–Kier alpha value is 0.110. The SMILES string of the molecule is C[C@H]1CN=C(N)S1.Cl. The molecule has 0 amide bonds. The van der Waals surface area contributed by atoms with Crippen LogP contribution in [0.1, 0.15) is 6.92 Å². The topological polar surface area (TPSA) is 38.4 Å². The molecule has 0 saturated heterocycles. The Bertz CT molecular complexity index is 104. The summed E-state index contributed by atoms with van der Waals surface area (Å²) in [5, 5.41) is 1.35. The maximum absolute atomic E-state index is 5.34. The zero-order chi connectivity index (χ0) is 5.28. The third kappa shape index (κ3) is 1.92. The van der Waals surface area contributed by atoms with Gasteiger partial charge in [0.25, 0.3) is 0 Å². The minimum Gasteiger partial charge on any atom is -0.379 e. The molecule has 0 aromatic heterocycles. The van der Waals surface area contributed by atoms with Crippen molar-refractivity contribution in [3.63, 3.8) is 0 Å². The minimum atomic E-state index is 0. The van der Waals surface area contributed by atoms with Crippen LogP contribution in [0.25, 0.3) is 0 Å². The Balaban J connectivity index is 0.000000490. The van der Waals surface area contributed by atoms with Crippen molar-refractivity contribution in [3.8, 4) is 0 Å². The molecule has 0 spiro atoms. The molecule has 0 unspecified atom stereocenters. The molecule has 2 N–H and O–H groups in total. The highest BCUT2D eigenvalue weighted by Gasteiger charge is 2.10. The largest absolute Gasteiger partial charge is 0.379 e. The third-order valence-corrected chi connectivity index (χ3v) is 1.75. The fraction of sp³-hybridized carbons (Fsp3) is 0.750. The normalized spacial score (nSPS) is 26.6. The Morgan fingerprint density at radius 2 is 2.50 bits per heavy atom. The van der Waals surface area contributed by atoms with Crippen molar-refractivity contribution in [1.82, 2.24) is 0 Å². The van der Waals surface area contributed by atoms with E-state index in [1.54, 1.807) is 11.8 Å². The number of hydrogen-bond acceptors (Lipinski definition) is 3. The van der Waals surface area contributed by atoms with Crippen LogP contribution in [0.15, 0.2) is 4.99 Å². The highest BCUT2D eigenvalue weighted by Crippen LogP contribution is 2.16. The average Bonchev–Trinajstić information content (AvgIpc) is 1.87. The predicted molar refractivity (Wildman–Crippen MR) is 40.8 cm³/mol. The van der Waals surface area contributed by atoms with Gasteiger partial charge in [-0.15, -0.1) is 12.4 Å². The van der Waals surface area contributed by atoms with Gasteiger partial charge in [-0.2, -0.15) is 0 Å². The zero-order valence-electron chi connectivity index (χ0n) is 4.63. The first-order chi connectivity index (χ1) is 3.29. The van der Waals surface area contributed by atoms with Gasteiger partial charge in [-0.3, -0.25) is 4.99 Å². The van der Waals surface area contributed by atoms with Gasteiger partial charge in [-0.05, 0) is 0 Å². The van der Waals surface area contributed by atoms with Crippen LogP contribution in [0, 0.1) is 0 Å². The molecule has 1 atom stereocenters. The number of thioether (sulfide) groups is 1. The number of aliphatic imine (C=N–C) groups is 1. The summed E-state index contributed by atoms with van der Waals surface area (Å²) in [7, 11) is 0. The number of halogens is 1. The second-order valence-electron chi connectivity index (χ2n) is 1.61. The van der Waals surface area contributed by atoms with E-state index >= 15 is 0 Å². The van der Waals surface area contributed by atoms with E-state index in [0.717, 1.165) is 11.7 Å². The first kappa shape index (κ1) is 8.11. The lowest BCUT2D eigenvalue weighted by molar-refractivity contribution is 0.975. The van der Waals surface area contributed by atoms with Crippen LogP contribution in [-0.4, -0.2) is 17.0 Å². The molecule has 48 valence electrons. The summed E-state index contributed by atoms with van der Waals surface area (Å²) in [5.74, 6) is 0. The molecule has 0 saturated carbocycles. The highest BCUT2D eigenvalue weighted by atomic mass is 35.5. The average molecular weight is 153 g/mol. The molecule has 1 aliphatic rings. The number of rotatable bonds is 0. The Labute approximate surface area is 59.3 Å². The quantitative estimate of drug-likeness (QED) is 0.559. The van der Waals surface area contributed by atoms with Crippen LogP contribution in [0.2, 0.25) is 0 Å². The van der Waals surface area contributed by atoms with Crippen molar-refractivity contribution in [2.45, 2.75) is 12.2 Å². The first-order valence-corrected chi connectivity index (χ1v) is 3.13. The van der Waals surface area contributed by atoms with Crippen LogP contribution in [0.5, 0.6) is 0 Å². The second-order valence-corrected chi connectivity index (χ2v) is 3.07. The lowest BCUT2D eigenvalue weighted by Crippen LogP contribution is -2.02. The number of hydrogen-bond donors (Lipinski definition) is 1. The van der Waals surface area contributed by atoms with E-state index in [0.29, 0.717) is 5.25 Å². The van der Waals surface area contributed by atoms with Gasteiger partial charge >= 0.3 is 0 Å². The van der Waals surface area contributed by atoms with E-state index in [1.807, 2.05) is 0 Å². The van der Waals surface area contributed by atoms with Gasteiger partial charge < -0.3 is 5.73 Å². The van der Waals surface area contributed by atoms with Crippen LogP contribution in [-0.2, 0) is 0 Å². The van der Waals surface area contributed by atoms with E-state index in [4.69, 9.17) is 5.73 Å². The maximum atomic E-state index is 5.34. The molecule has 0 aliphatic carbocycles. The van der Waals surface area contributed by atoms with Crippen LogP contribution >= 0.6 is 24.2 Å². The van der Waals surface area contributed by atoms with Gasteiger partial charge in [0.2, 0.25) is 0 Å². The number of nitrogens with two attached hydrogens (primary N) is 1. The summed E-state index contributed by atoms with van der Waals surface area (Å²) in [6.07, 6.45) is 0. The molecule has 0 radical (unpaired) electrons. The molecule has 1 aliphatic heterocycles. The molecule has 0 bridgehead atoms. The Kier molecular flexibility index (Phi) is 3.24. The number of amidine groups is 1. The monoisotopic (exact) mass is 152 g/mol. The summed E-state index contributed by atoms with van der Waals surface area (Å²) in [6.45, 7) is 3.02. The van der Waals surface area contributed by atoms with Crippen LogP contribution in [0.3, 0.4) is 0 Å². The molecule has 1 heterocycles. The van der Waals surface area contributed by atoms with E-state index in [2.05, 4.69) is 11.9 Å². The van der Waals surface area contributed by atoms with E-state index in [9.17, 15) is 0 Å². The van der Waals surface area contributed by atoms with Gasteiger partial charge in [0, 0.05) is 5.25 Å². The second kappa shape index (κ2) is 3.20. The smallest absolute Gasteiger partial charge is 0.154 e. The molecular formula is C4H9ClN2S. The zero-order valence-corrected chi connectivity index (χ0v) is 6.26. The van der Waals surface area contributed by atoms with Crippen molar-refractivity contribution in [2.24, 2.45) is 10.7 Å². The van der Waals surface area contributed by atoms with Gasteiger partial charge in [0.1, 0.15) is 0 Å². The number of nitrogens with zero attached hydrogens (tertiary/aromatic N) is 1. The van der Waals surface area contributed by atoms with Gasteiger partial charge in [-0.25, -0.2) is 0 Å². The molecule has 1 rings (SSSR count). The standard InChI is InChI=1S/C4H8N2S.ClH/c1-3-2-6-4(5)7-3;/h3H,2H2,1H3,(H2,5,6);1H/t3-;/m0./s1. The minimum absolute atomic E-state index is 0. The van der Waals surface area contributed by atoms with Crippen LogP contribution in [0.4, 0.5) is 0 Å². The molecule has 0 fully saturated rings. The fourth-order valence-electron chi connectivity index (χ4n) is 0.499. The van der Waals surface area contributed by atoms with Crippen molar-refractivity contribution in [3.05, 3.63) is 0 Å². The highest BCUT2D eigenvalue weighted by molar-refractivity contribution is 8.14. The van der Waals surface area contributed by atoms with Gasteiger partial charge in [-0.1, -0.05) is 18.7 Å². The van der Waals surface area contributed by atoms with E-state index in [-0.39, 0.29) is 12.4 Å². The molecule has 0 aromatic rings.